The van der Waals surface area contributed by atoms with E-state index in [1.807, 2.05) is 27.7 Å². The number of hydrogen-bond donors (Lipinski definition) is 3. The predicted octanol–water partition coefficient (Wildman–Crippen LogP) is 1.04. The lowest BCUT2D eigenvalue weighted by Crippen LogP contribution is -2.51. The molecule has 1 unspecified atom stereocenters. The van der Waals surface area contributed by atoms with E-state index >= 15 is 0 Å². The van der Waals surface area contributed by atoms with Gasteiger partial charge in [0.05, 0.1) is 6.42 Å². The van der Waals surface area contributed by atoms with Crippen molar-refractivity contribution in [3.8, 4) is 0 Å². The van der Waals surface area contributed by atoms with Crippen LogP contribution in [0.15, 0.2) is 0 Å². The van der Waals surface area contributed by atoms with Gasteiger partial charge in [-0.15, -0.1) is 0 Å². The van der Waals surface area contributed by atoms with Crippen molar-refractivity contribution >= 4 is 17.9 Å². The summed E-state index contributed by atoms with van der Waals surface area (Å²) in [7, 11) is 1.50. The van der Waals surface area contributed by atoms with Crippen LogP contribution >= 0.6 is 0 Å². The Morgan fingerprint density at radius 3 is 2.24 bits per heavy atom. The maximum absolute atomic E-state index is 12.0. The highest BCUT2D eigenvalue weighted by Crippen LogP contribution is 2.22. The molecule has 0 bridgehead atoms. The van der Waals surface area contributed by atoms with Crippen molar-refractivity contribution in [1.82, 2.24) is 15.5 Å². The molecular weight excluding hydrogens is 274 g/mol. The van der Waals surface area contributed by atoms with E-state index in [1.165, 1.54) is 11.9 Å². The van der Waals surface area contributed by atoms with Crippen LogP contribution < -0.4 is 10.6 Å². The molecule has 0 radical (unpaired) electrons. The fraction of sp³-hybridized carbons (Fsp3) is 0.786. The van der Waals surface area contributed by atoms with E-state index in [-0.39, 0.29) is 24.3 Å². The van der Waals surface area contributed by atoms with Crippen LogP contribution in [0.1, 0.15) is 40.5 Å². The molecule has 0 rings (SSSR count). The number of nitrogens with zero attached hydrogens (tertiary/aromatic N) is 1. The first kappa shape index (κ1) is 19.2. The number of carbonyl (C=O) groups is 3. The van der Waals surface area contributed by atoms with Gasteiger partial charge in [-0.1, -0.05) is 27.7 Å². The molecule has 0 aliphatic heterocycles. The Morgan fingerprint density at radius 1 is 1.24 bits per heavy atom. The van der Waals surface area contributed by atoms with Crippen molar-refractivity contribution in [3.05, 3.63) is 0 Å². The summed E-state index contributed by atoms with van der Waals surface area (Å²) in [5.41, 5.74) is -0.390. The highest BCUT2D eigenvalue weighted by Gasteiger charge is 2.29. The van der Waals surface area contributed by atoms with E-state index in [1.54, 1.807) is 0 Å². The average molecular weight is 301 g/mol. The predicted molar refractivity (Wildman–Crippen MR) is 80.0 cm³/mol. The van der Waals surface area contributed by atoms with E-state index in [0.717, 1.165) is 6.42 Å². The number of likely N-dealkylation sites (N-methyl/N-ethyl adjacent to an activating group) is 1. The third-order valence-electron chi connectivity index (χ3n) is 3.02. The topological polar surface area (TPSA) is 98.7 Å². The van der Waals surface area contributed by atoms with E-state index in [2.05, 4.69) is 10.6 Å². The summed E-state index contributed by atoms with van der Waals surface area (Å²) < 4.78 is 0. The molecule has 0 aliphatic carbocycles. The summed E-state index contributed by atoms with van der Waals surface area (Å²) in [6, 6.07) is -0.966. The molecule has 0 saturated heterocycles. The second-order valence-electron chi connectivity index (χ2n) is 6.17. The highest BCUT2D eigenvalue weighted by atomic mass is 16.4. The van der Waals surface area contributed by atoms with Gasteiger partial charge in [0.15, 0.2) is 0 Å². The van der Waals surface area contributed by atoms with Crippen molar-refractivity contribution in [2.45, 2.75) is 46.6 Å². The number of aliphatic carboxylic acids is 1. The zero-order valence-corrected chi connectivity index (χ0v) is 13.5. The molecule has 3 N–H and O–H groups in total. The molecule has 1 atom stereocenters. The van der Waals surface area contributed by atoms with Crippen LogP contribution in [0.4, 0.5) is 4.79 Å². The third-order valence-corrected chi connectivity index (χ3v) is 3.02. The number of carboxylic acid groups (broad SMARTS) is 1. The minimum absolute atomic E-state index is 0.0598. The van der Waals surface area contributed by atoms with Gasteiger partial charge >= 0.3 is 12.0 Å². The van der Waals surface area contributed by atoms with Gasteiger partial charge in [-0.2, -0.15) is 0 Å². The van der Waals surface area contributed by atoms with Crippen LogP contribution in [0.2, 0.25) is 0 Å². The zero-order valence-electron chi connectivity index (χ0n) is 13.5. The number of carboxylic acids is 1. The van der Waals surface area contributed by atoms with Gasteiger partial charge in [-0.05, 0) is 11.8 Å². The number of carbonyl (C=O) groups excluding carboxylic acids is 2. The lowest BCUT2D eigenvalue weighted by molar-refractivity contribution is -0.138. The summed E-state index contributed by atoms with van der Waals surface area (Å²) in [4.78, 5) is 35.7. The van der Waals surface area contributed by atoms with Crippen molar-refractivity contribution in [3.63, 3.8) is 0 Å². The van der Waals surface area contributed by atoms with E-state index in [4.69, 9.17) is 5.11 Å². The molecule has 0 spiro atoms. The maximum atomic E-state index is 12.0. The fourth-order valence-corrected chi connectivity index (χ4v) is 1.62. The molecule has 3 amide bonds. The van der Waals surface area contributed by atoms with Gasteiger partial charge in [0.25, 0.3) is 0 Å². The van der Waals surface area contributed by atoms with Crippen LogP contribution in [0.3, 0.4) is 0 Å². The summed E-state index contributed by atoms with van der Waals surface area (Å²) in [6.45, 7) is 8.02. The van der Waals surface area contributed by atoms with Crippen molar-refractivity contribution in [2.75, 3.05) is 20.1 Å². The molecule has 7 nitrogen and oxygen atoms in total. The fourth-order valence-electron chi connectivity index (χ4n) is 1.62. The molecule has 0 aromatic rings. The molecule has 0 fully saturated rings. The Hall–Kier alpha value is -1.79. The van der Waals surface area contributed by atoms with E-state index in [9.17, 15) is 14.4 Å². The second-order valence-corrected chi connectivity index (χ2v) is 6.17. The molecular formula is C14H27N3O4. The van der Waals surface area contributed by atoms with Gasteiger partial charge in [0.1, 0.15) is 6.54 Å². The number of nitrogens with one attached hydrogen (secondary N) is 2. The Morgan fingerprint density at radius 2 is 1.81 bits per heavy atom. The molecule has 21 heavy (non-hydrogen) atoms. The van der Waals surface area contributed by atoms with Gasteiger partial charge in [-0.25, -0.2) is 4.79 Å². The third kappa shape index (κ3) is 8.16. The number of rotatable bonds is 7. The second kappa shape index (κ2) is 8.49. The first-order chi connectivity index (χ1) is 9.57. The lowest BCUT2D eigenvalue weighted by atomic mass is 9.85. The standard InChI is InChI=1S/C14H27N3O4/c1-6-7-15-11(18)9-17(5)13(21)16-10(8-12(19)20)14(2,3)4/h10H,6-9H2,1-5H3,(H,15,18)(H,16,21)(H,19,20). The Labute approximate surface area is 126 Å². The van der Waals surface area contributed by atoms with Gasteiger partial charge in [-0.3, -0.25) is 9.59 Å². The van der Waals surface area contributed by atoms with Crippen molar-refractivity contribution in [1.29, 1.82) is 0 Å². The van der Waals surface area contributed by atoms with Crippen LogP contribution in [-0.2, 0) is 9.59 Å². The Balaban J connectivity index is 4.54. The van der Waals surface area contributed by atoms with Crippen LogP contribution in [-0.4, -0.2) is 54.1 Å². The quantitative estimate of drug-likeness (QED) is 0.654. The van der Waals surface area contributed by atoms with Crippen LogP contribution in [0, 0.1) is 5.41 Å². The van der Waals surface area contributed by atoms with Crippen molar-refractivity contribution < 1.29 is 19.5 Å². The van der Waals surface area contributed by atoms with Gasteiger partial charge < -0.3 is 20.6 Å². The molecule has 0 aromatic carbocycles. The largest absolute Gasteiger partial charge is 0.481 e. The van der Waals surface area contributed by atoms with Crippen LogP contribution in [0.5, 0.6) is 0 Å². The molecule has 0 heterocycles. The molecule has 0 aromatic heterocycles. The maximum Gasteiger partial charge on any atom is 0.317 e. The normalized spacial score (nSPS) is 12.4. The van der Waals surface area contributed by atoms with Crippen molar-refractivity contribution in [2.24, 2.45) is 5.41 Å². The number of amides is 3. The Kier molecular flexibility index (Phi) is 7.76. The smallest absolute Gasteiger partial charge is 0.317 e. The monoisotopic (exact) mass is 301 g/mol. The summed E-state index contributed by atoms with van der Waals surface area (Å²) >= 11 is 0. The Bertz CT molecular complexity index is 377. The van der Waals surface area contributed by atoms with Gasteiger partial charge in [0.2, 0.25) is 5.91 Å². The van der Waals surface area contributed by atoms with E-state index < -0.39 is 18.0 Å². The average Bonchev–Trinajstić information content (AvgIpc) is 2.33. The molecule has 122 valence electrons. The highest BCUT2D eigenvalue weighted by molar-refractivity contribution is 5.84. The summed E-state index contributed by atoms with van der Waals surface area (Å²) in [5.74, 6) is -1.21. The van der Waals surface area contributed by atoms with E-state index in [0.29, 0.717) is 6.54 Å². The zero-order chi connectivity index (χ0) is 16.6. The summed E-state index contributed by atoms with van der Waals surface area (Å²) in [6.07, 6.45) is 0.664. The SMILES string of the molecule is CCCNC(=O)CN(C)C(=O)NC(CC(=O)O)C(C)(C)C. The minimum Gasteiger partial charge on any atom is -0.481 e. The molecule has 7 heteroatoms. The number of urea groups is 1. The summed E-state index contributed by atoms with van der Waals surface area (Å²) in [5, 5.41) is 14.3. The first-order valence-corrected chi connectivity index (χ1v) is 7.08. The molecule has 0 aliphatic rings. The first-order valence-electron chi connectivity index (χ1n) is 7.08. The lowest BCUT2D eigenvalue weighted by Gasteiger charge is -2.32. The minimum atomic E-state index is -0.974. The van der Waals surface area contributed by atoms with Gasteiger partial charge in [0, 0.05) is 19.6 Å². The number of hydrogen-bond acceptors (Lipinski definition) is 3. The van der Waals surface area contributed by atoms with Crippen LogP contribution in [0.25, 0.3) is 0 Å². The molecule has 0 saturated carbocycles.